The van der Waals surface area contributed by atoms with Crippen molar-refractivity contribution in [3.05, 3.63) is 30.3 Å². The van der Waals surface area contributed by atoms with Gasteiger partial charge in [-0.2, -0.15) is 0 Å². The van der Waals surface area contributed by atoms with E-state index in [1.807, 2.05) is 0 Å². The van der Waals surface area contributed by atoms with Gasteiger partial charge in [-0.3, -0.25) is 0 Å². The summed E-state index contributed by atoms with van der Waals surface area (Å²) < 4.78 is 21.2. The van der Waals surface area contributed by atoms with E-state index in [9.17, 15) is 8.42 Å². The molecule has 0 aliphatic carbocycles. The molecule has 0 N–H and O–H groups in total. The van der Waals surface area contributed by atoms with Gasteiger partial charge in [0.2, 0.25) is 0 Å². The smallest absolute Gasteiger partial charge is 0.261 e. The topological polar surface area (TPSA) is 40.6 Å². The summed E-state index contributed by atoms with van der Waals surface area (Å²) in [7, 11) is 9.85. The first-order chi connectivity index (χ1) is 8.23. The first-order valence-corrected chi connectivity index (χ1v) is 7.83. The van der Waals surface area contributed by atoms with E-state index in [0.717, 1.165) is 13.1 Å². The Labute approximate surface area is 115 Å². The van der Waals surface area contributed by atoms with Crippen LogP contribution < -0.4 is 0 Å². The van der Waals surface area contributed by atoms with E-state index in [4.69, 9.17) is 10.7 Å². The number of likely N-dealkylation sites (N-methyl/N-ethyl adjacent to an activating group) is 2. The van der Waals surface area contributed by atoms with E-state index >= 15 is 0 Å². The first-order valence-electron chi connectivity index (χ1n) is 5.52. The quantitative estimate of drug-likeness (QED) is 0.793. The van der Waals surface area contributed by atoms with Crippen LogP contribution in [0.15, 0.2) is 35.2 Å². The Morgan fingerprint density at radius 3 is 1.56 bits per heavy atom. The summed E-state index contributed by atoms with van der Waals surface area (Å²) in [6, 6.07) is 7.86. The average molecular weight is 293 g/mol. The third-order valence-electron chi connectivity index (χ3n) is 2.02. The Morgan fingerprint density at radius 1 is 0.944 bits per heavy atom. The van der Waals surface area contributed by atoms with Crippen LogP contribution in [-0.2, 0) is 9.05 Å². The van der Waals surface area contributed by atoms with Crippen LogP contribution in [0.2, 0.25) is 0 Å². The molecule has 0 aromatic heterocycles. The maximum Gasteiger partial charge on any atom is 0.261 e. The van der Waals surface area contributed by atoms with Gasteiger partial charge in [-0.25, -0.2) is 8.42 Å². The van der Waals surface area contributed by atoms with E-state index in [1.165, 1.54) is 12.1 Å². The molecule has 0 atom stereocenters. The lowest BCUT2D eigenvalue weighted by molar-refractivity contribution is 0.320. The Morgan fingerprint density at radius 2 is 1.33 bits per heavy atom. The zero-order chi connectivity index (χ0) is 14.2. The largest absolute Gasteiger partial charge is 0.308 e. The molecule has 0 aliphatic rings. The van der Waals surface area contributed by atoms with Crippen molar-refractivity contribution in [1.82, 2.24) is 9.80 Å². The van der Waals surface area contributed by atoms with Crippen LogP contribution in [0, 0.1) is 0 Å². The summed E-state index contributed by atoms with van der Waals surface area (Å²) in [5, 5.41) is 0. The molecule has 0 spiro atoms. The van der Waals surface area contributed by atoms with Crippen molar-refractivity contribution in [3.63, 3.8) is 0 Å². The zero-order valence-electron chi connectivity index (χ0n) is 11.3. The summed E-state index contributed by atoms with van der Waals surface area (Å²) in [6.45, 7) is 2.29. The minimum Gasteiger partial charge on any atom is -0.308 e. The highest BCUT2D eigenvalue weighted by molar-refractivity contribution is 8.13. The number of halogens is 1. The highest BCUT2D eigenvalue weighted by Gasteiger charge is 2.06. The highest BCUT2D eigenvalue weighted by atomic mass is 35.7. The molecule has 0 saturated carbocycles. The number of nitrogens with zero attached hydrogens (tertiary/aromatic N) is 2. The van der Waals surface area contributed by atoms with Gasteiger partial charge < -0.3 is 9.80 Å². The summed E-state index contributed by atoms with van der Waals surface area (Å²) in [5.74, 6) is 0. The average Bonchev–Trinajstić information content (AvgIpc) is 2.27. The van der Waals surface area contributed by atoms with Crippen LogP contribution >= 0.6 is 10.7 Å². The predicted octanol–water partition coefficient (Wildman–Crippen LogP) is 1.72. The zero-order valence-corrected chi connectivity index (χ0v) is 12.9. The summed E-state index contributed by atoms with van der Waals surface area (Å²) >= 11 is 0. The van der Waals surface area contributed by atoms with Crippen LogP contribution in [0.1, 0.15) is 0 Å². The van der Waals surface area contributed by atoms with Crippen LogP contribution in [0.4, 0.5) is 0 Å². The van der Waals surface area contributed by atoms with Crippen molar-refractivity contribution < 1.29 is 8.42 Å². The molecule has 0 saturated heterocycles. The maximum atomic E-state index is 10.6. The van der Waals surface area contributed by atoms with E-state index in [0.29, 0.717) is 0 Å². The SMILES string of the molecule is CN(C)CCN(C)C.O=S(=O)(Cl)c1ccccc1. The van der Waals surface area contributed by atoms with E-state index in [-0.39, 0.29) is 4.90 Å². The molecule has 104 valence electrons. The number of rotatable bonds is 4. The van der Waals surface area contributed by atoms with Crippen LogP contribution in [-0.4, -0.2) is 59.5 Å². The molecule has 0 heterocycles. The van der Waals surface area contributed by atoms with Crippen molar-refractivity contribution in [2.75, 3.05) is 41.3 Å². The van der Waals surface area contributed by atoms with Gasteiger partial charge in [0.15, 0.2) is 0 Å². The molecule has 0 amide bonds. The van der Waals surface area contributed by atoms with Gasteiger partial charge in [-0.1, -0.05) is 18.2 Å². The number of hydrogen-bond donors (Lipinski definition) is 0. The van der Waals surface area contributed by atoms with Crippen molar-refractivity contribution in [1.29, 1.82) is 0 Å². The molecule has 0 fully saturated rings. The van der Waals surface area contributed by atoms with Gasteiger partial charge in [-0.15, -0.1) is 0 Å². The first kappa shape index (κ1) is 17.4. The normalized spacial score (nSPS) is 11.3. The fraction of sp³-hybridized carbons (Fsp3) is 0.500. The molecule has 6 heteroatoms. The molecule has 1 rings (SSSR count). The molecule has 18 heavy (non-hydrogen) atoms. The monoisotopic (exact) mass is 292 g/mol. The third-order valence-corrected chi connectivity index (χ3v) is 3.39. The van der Waals surface area contributed by atoms with Crippen molar-refractivity contribution in [2.45, 2.75) is 4.90 Å². The Kier molecular flexibility index (Phi) is 8.18. The second-order valence-corrected chi connectivity index (χ2v) is 6.92. The molecule has 1 aromatic carbocycles. The van der Waals surface area contributed by atoms with E-state index in [1.54, 1.807) is 18.2 Å². The van der Waals surface area contributed by atoms with Gasteiger partial charge >= 0.3 is 0 Å². The fourth-order valence-electron chi connectivity index (χ4n) is 0.983. The second-order valence-electron chi connectivity index (χ2n) is 4.36. The standard InChI is InChI=1S/C6H5ClO2S.C6H16N2/c7-10(8,9)6-4-2-1-3-5-6;1-7(2)5-6-8(3)4/h1-5H;5-6H2,1-4H3. The van der Waals surface area contributed by atoms with Crippen LogP contribution in [0.25, 0.3) is 0 Å². The van der Waals surface area contributed by atoms with Crippen molar-refractivity contribution in [3.8, 4) is 0 Å². The second kappa shape index (κ2) is 8.48. The van der Waals surface area contributed by atoms with Gasteiger partial charge in [-0.05, 0) is 40.3 Å². The summed E-state index contributed by atoms with van der Waals surface area (Å²) in [5.41, 5.74) is 0. The Hall–Kier alpha value is -0.620. The lowest BCUT2D eigenvalue weighted by Gasteiger charge is -2.13. The number of benzene rings is 1. The third kappa shape index (κ3) is 9.41. The molecule has 4 nitrogen and oxygen atoms in total. The molecular formula is C12H21ClN2O2S. The molecule has 0 aliphatic heterocycles. The lowest BCUT2D eigenvalue weighted by Crippen LogP contribution is -2.25. The van der Waals surface area contributed by atoms with Gasteiger partial charge in [0.1, 0.15) is 0 Å². The molecule has 1 aromatic rings. The summed E-state index contributed by atoms with van der Waals surface area (Å²) in [6.07, 6.45) is 0. The van der Waals surface area contributed by atoms with Crippen LogP contribution in [0.3, 0.4) is 0 Å². The van der Waals surface area contributed by atoms with Crippen LogP contribution in [0.5, 0.6) is 0 Å². The fourth-order valence-corrected chi connectivity index (χ4v) is 1.77. The molecule has 0 unspecified atom stereocenters. The minimum atomic E-state index is -3.53. The summed E-state index contributed by atoms with van der Waals surface area (Å²) in [4.78, 5) is 4.50. The maximum absolute atomic E-state index is 10.6. The van der Waals surface area contributed by atoms with Gasteiger partial charge in [0, 0.05) is 23.8 Å². The van der Waals surface area contributed by atoms with Crippen molar-refractivity contribution >= 4 is 19.7 Å². The van der Waals surface area contributed by atoms with Gasteiger partial charge in [0.25, 0.3) is 9.05 Å². The molecule has 0 bridgehead atoms. The Balaban J connectivity index is 0.000000331. The number of hydrogen-bond acceptors (Lipinski definition) is 4. The predicted molar refractivity (Wildman–Crippen MR) is 76.6 cm³/mol. The van der Waals surface area contributed by atoms with E-state index in [2.05, 4.69) is 38.0 Å². The molecule has 0 radical (unpaired) electrons. The minimum absolute atomic E-state index is 0.136. The highest BCUT2D eigenvalue weighted by Crippen LogP contribution is 2.12. The van der Waals surface area contributed by atoms with E-state index < -0.39 is 9.05 Å². The Bertz CT molecular complexity index is 411. The van der Waals surface area contributed by atoms with Crippen molar-refractivity contribution in [2.24, 2.45) is 0 Å². The van der Waals surface area contributed by atoms with Gasteiger partial charge in [0.05, 0.1) is 4.90 Å². The molecular weight excluding hydrogens is 272 g/mol. The lowest BCUT2D eigenvalue weighted by atomic mass is 10.4.